The van der Waals surface area contributed by atoms with Crippen LogP contribution in [0.5, 0.6) is 0 Å². The molecule has 0 bridgehead atoms. The van der Waals surface area contributed by atoms with Gasteiger partial charge in [0, 0.05) is 0 Å². The van der Waals surface area contributed by atoms with Crippen LogP contribution >= 0.6 is 43.2 Å². The first kappa shape index (κ1) is 16.2. The van der Waals surface area contributed by atoms with E-state index in [0.717, 1.165) is 3.79 Å². The average Bonchev–Trinajstić information content (AvgIpc) is 2.78. The summed E-state index contributed by atoms with van der Waals surface area (Å²) in [6, 6.07) is 10.3. The van der Waals surface area contributed by atoms with Crippen LogP contribution in [0.2, 0.25) is 0 Å². The Labute approximate surface area is 142 Å². The molecular weight excluding hydrogens is 422 g/mol. The number of rotatable bonds is 4. The maximum absolute atomic E-state index is 12.4. The van der Waals surface area contributed by atoms with E-state index in [1.54, 1.807) is 36.4 Å². The Morgan fingerprint density at radius 3 is 2.33 bits per heavy atom. The van der Waals surface area contributed by atoms with E-state index in [9.17, 15) is 14.7 Å². The van der Waals surface area contributed by atoms with Gasteiger partial charge in [0.15, 0.2) is 5.54 Å². The van der Waals surface area contributed by atoms with E-state index in [1.165, 1.54) is 18.3 Å². The number of nitrogens with one attached hydrogen (secondary N) is 1. The molecule has 0 saturated carbocycles. The fourth-order valence-corrected chi connectivity index (χ4v) is 4.60. The lowest BCUT2D eigenvalue weighted by atomic mass is 9.92. The van der Waals surface area contributed by atoms with Crippen LogP contribution in [0.1, 0.15) is 22.8 Å². The number of benzene rings is 1. The first-order valence-corrected chi connectivity index (χ1v) is 8.31. The average molecular weight is 433 g/mol. The lowest BCUT2D eigenvalue weighted by molar-refractivity contribution is -0.144. The summed E-state index contributed by atoms with van der Waals surface area (Å²) in [5.41, 5.74) is -0.585. The largest absolute Gasteiger partial charge is 0.479 e. The monoisotopic (exact) mass is 431 g/mol. The zero-order valence-corrected chi connectivity index (χ0v) is 14.9. The van der Waals surface area contributed by atoms with Gasteiger partial charge in [-0.05, 0) is 50.4 Å². The third-order valence-corrected chi connectivity index (χ3v) is 5.38. The Kier molecular flexibility index (Phi) is 4.85. The third-order valence-electron chi connectivity index (χ3n) is 3.04. The van der Waals surface area contributed by atoms with Gasteiger partial charge in [-0.25, -0.2) is 4.79 Å². The Bertz CT molecular complexity index is 687. The number of halogens is 2. The van der Waals surface area contributed by atoms with Crippen molar-refractivity contribution in [2.45, 2.75) is 12.5 Å². The van der Waals surface area contributed by atoms with Crippen molar-refractivity contribution in [2.24, 2.45) is 0 Å². The molecule has 4 nitrogen and oxygen atoms in total. The minimum atomic E-state index is -1.49. The van der Waals surface area contributed by atoms with E-state index >= 15 is 0 Å². The molecule has 7 heteroatoms. The van der Waals surface area contributed by atoms with E-state index in [2.05, 4.69) is 37.2 Å². The lowest BCUT2D eigenvalue weighted by Crippen LogP contribution is -2.49. The van der Waals surface area contributed by atoms with Gasteiger partial charge in [0.1, 0.15) is 0 Å². The van der Waals surface area contributed by atoms with Crippen LogP contribution < -0.4 is 5.32 Å². The van der Waals surface area contributed by atoms with E-state index in [-0.39, 0.29) is 0 Å². The number of carbonyl (C=O) groups is 2. The first-order chi connectivity index (χ1) is 9.84. The molecule has 0 fully saturated rings. The van der Waals surface area contributed by atoms with Crippen molar-refractivity contribution in [2.75, 3.05) is 0 Å². The Balaban J connectivity index is 2.35. The molecular formula is C14H11Br2NO3S. The van der Waals surface area contributed by atoms with Gasteiger partial charge >= 0.3 is 5.97 Å². The molecule has 2 aromatic rings. The van der Waals surface area contributed by atoms with Gasteiger partial charge < -0.3 is 10.4 Å². The summed E-state index contributed by atoms with van der Waals surface area (Å²) in [4.78, 5) is 24.0. The highest BCUT2D eigenvalue weighted by atomic mass is 79.9. The number of amides is 1. The van der Waals surface area contributed by atoms with Gasteiger partial charge in [0.05, 0.1) is 13.1 Å². The molecule has 0 aliphatic rings. The fraction of sp³-hybridized carbons (Fsp3) is 0.143. The molecule has 1 aromatic heterocycles. The number of carbonyl (C=O) groups excluding carboxylic acids is 1. The van der Waals surface area contributed by atoms with Crippen LogP contribution in [-0.2, 0) is 10.3 Å². The smallest absolute Gasteiger partial charge is 0.333 e. The molecule has 2 N–H and O–H groups in total. The molecule has 1 amide bonds. The molecule has 2 rings (SSSR count). The van der Waals surface area contributed by atoms with E-state index in [1.807, 2.05) is 0 Å². The molecule has 1 aromatic carbocycles. The Hall–Kier alpha value is -1.18. The van der Waals surface area contributed by atoms with Gasteiger partial charge in [-0.2, -0.15) is 0 Å². The molecule has 0 spiro atoms. The van der Waals surface area contributed by atoms with Crippen molar-refractivity contribution in [1.29, 1.82) is 0 Å². The highest BCUT2D eigenvalue weighted by molar-refractivity contribution is 9.12. The predicted molar refractivity (Wildman–Crippen MR) is 88.6 cm³/mol. The van der Waals surface area contributed by atoms with Gasteiger partial charge in [0.25, 0.3) is 5.91 Å². The minimum absolute atomic E-state index is 0.398. The Morgan fingerprint density at radius 2 is 1.86 bits per heavy atom. The molecule has 0 radical (unpaired) electrons. The van der Waals surface area contributed by atoms with Crippen LogP contribution in [0.15, 0.2) is 44.0 Å². The standard InChI is InChI=1S/C14H11Br2NO3S/c1-14(13(19)20,8-5-3-2-4-6-8)17-12(18)9-7-10(15)21-11(9)16/h2-7H,1H3,(H,17,18)(H,19,20). The number of hydrogen-bond acceptors (Lipinski definition) is 3. The summed E-state index contributed by atoms with van der Waals surface area (Å²) in [5, 5.41) is 12.1. The number of thiophene rings is 1. The summed E-state index contributed by atoms with van der Waals surface area (Å²) in [6.07, 6.45) is 0. The van der Waals surface area contributed by atoms with Crippen LogP contribution in [0.25, 0.3) is 0 Å². The van der Waals surface area contributed by atoms with Gasteiger partial charge in [-0.3, -0.25) is 4.79 Å². The van der Waals surface area contributed by atoms with Crippen molar-refractivity contribution >= 4 is 55.1 Å². The van der Waals surface area contributed by atoms with Crippen molar-refractivity contribution in [3.8, 4) is 0 Å². The van der Waals surface area contributed by atoms with Crippen LogP contribution in [0, 0.1) is 0 Å². The normalized spacial score (nSPS) is 13.5. The molecule has 0 saturated heterocycles. The number of hydrogen-bond donors (Lipinski definition) is 2. The van der Waals surface area contributed by atoms with Crippen molar-refractivity contribution < 1.29 is 14.7 Å². The summed E-state index contributed by atoms with van der Waals surface area (Å²) < 4.78 is 1.43. The summed E-state index contributed by atoms with van der Waals surface area (Å²) >= 11 is 7.95. The molecule has 110 valence electrons. The first-order valence-electron chi connectivity index (χ1n) is 5.91. The molecule has 0 aliphatic heterocycles. The highest BCUT2D eigenvalue weighted by Gasteiger charge is 2.37. The lowest BCUT2D eigenvalue weighted by Gasteiger charge is -2.26. The van der Waals surface area contributed by atoms with E-state index in [4.69, 9.17) is 0 Å². The number of aliphatic carboxylic acids is 1. The van der Waals surface area contributed by atoms with Crippen molar-refractivity contribution in [1.82, 2.24) is 5.32 Å². The summed E-state index contributed by atoms with van der Waals surface area (Å²) in [6.45, 7) is 1.47. The number of carboxylic acid groups (broad SMARTS) is 1. The molecule has 1 heterocycles. The quantitative estimate of drug-likeness (QED) is 0.767. The Morgan fingerprint density at radius 1 is 1.24 bits per heavy atom. The maximum Gasteiger partial charge on any atom is 0.333 e. The van der Waals surface area contributed by atoms with Crippen molar-refractivity contribution in [3.05, 3.63) is 55.1 Å². The second-order valence-electron chi connectivity index (χ2n) is 4.49. The van der Waals surface area contributed by atoms with Crippen LogP contribution in [0.3, 0.4) is 0 Å². The molecule has 1 unspecified atom stereocenters. The van der Waals surface area contributed by atoms with Gasteiger partial charge in [0.2, 0.25) is 0 Å². The SMILES string of the molecule is CC(NC(=O)c1cc(Br)sc1Br)(C(=O)O)c1ccccc1. The molecule has 1 atom stereocenters. The number of carboxylic acids is 1. The van der Waals surface area contributed by atoms with Crippen LogP contribution in [0.4, 0.5) is 0 Å². The third kappa shape index (κ3) is 3.36. The van der Waals surface area contributed by atoms with Crippen LogP contribution in [-0.4, -0.2) is 17.0 Å². The fourth-order valence-electron chi connectivity index (χ4n) is 1.81. The maximum atomic E-state index is 12.4. The molecule has 21 heavy (non-hydrogen) atoms. The molecule has 0 aliphatic carbocycles. The second kappa shape index (κ2) is 6.29. The van der Waals surface area contributed by atoms with E-state index in [0.29, 0.717) is 14.9 Å². The van der Waals surface area contributed by atoms with Gasteiger partial charge in [-0.15, -0.1) is 11.3 Å². The van der Waals surface area contributed by atoms with E-state index < -0.39 is 17.4 Å². The summed E-state index contributed by atoms with van der Waals surface area (Å²) in [7, 11) is 0. The predicted octanol–water partition coefficient (Wildman–Crippen LogP) is 4.00. The zero-order valence-electron chi connectivity index (χ0n) is 10.9. The van der Waals surface area contributed by atoms with Crippen molar-refractivity contribution in [3.63, 3.8) is 0 Å². The second-order valence-corrected chi connectivity index (χ2v) is 8.24. The zero-order chi connectivity index (χ0) is 15.6. The minimum Gasteiger partial charge on any atom is -0.479 e. The highest BCUT2D eigenvalue weighted by Crippen LogP contribution is 2.32. The topological polar surface area (TPSA) is 66.4 Å². The summed E-state index contributed by atoms with van der Waals surface area (Å²) in [5.74, 6) is -1.56. The van der Waals surface area contributed by atoms with Gasteiger partial charge in [-0.1, -0.05) is 30.3 Å².